The molecule has 0 amide bonds. The van der Waals surface area contributed by atoms with Crippen LogP contribution in [0.2, 0.25) is 0 Å². The zero-order chi connectivity index (χ0) is 26.2. The van der Waals surface area contributed by atoms with Gasteiger partial charge in [-0.25, -0.2) is 9.18 Å². The molecule has 0 spiro atoms. The lowest BCUT2D eigenvalue weighted by Gasteiger charge is -2.47. The highest BCUT2D eigenvalue weighted by molar-refractivity contribution is 5.79. The molecule has 0 aromatic rings. The molecule has 34 heavy (non-hydrogen) atoms. The first-order chi connectivity index (χ1) is 15.8. The fourth-order valence-corrected chi connectivity index (χ4v) is 3.16. The van der Waals surface area contributed by atoms with Gasteiger partial charge in [-0.2, -0.15) is 0 Å². The monoisotopic (exact) mass is 493 g/mol. The number of hydrogen-bond donors (Lipinski definition) is 1. The van der Waals surface area contributed by atoms with E-state index in [0.29, 0.717) is 0 Å². The van der Waals surface area contributed by atoms with Gasteiger partial charge < -0.3 is 33.5 Å². The van der Waals surface area contributed by atoms with E-state index in [1.807, 2.05) is 0 Å². The highest BCUT2D eigenvalue weighted by atomic mass is 19.1. The van der Waals surface area contributed by atoms with Gasteiger partial charge in [-0.15, -0.1) is 0 Å². The Labute approximate surface area is 192 Å². The Bertz CT molecular complexity index is 863. The van der Waals surface area contributed by atoms with Crippen molar-refractivity contribution in [2.24, 2.45) is 5.11 Å². The molecule has 15 nitrogen and oxygen atoms in total. The minimum absolute atomic E-state index is 0.732. The number of hydrogen-bond acceptors (Lipinski definition) is 13. The molecule has 190 valence electrons. The molecule has 0 aromatic carbocycles. The zero-order valence-electron chi connectivity index (χ0n) is 18.8. The summed E-state index contributed by atoms with van der Waals surface area (Å²) in [7, 11) is 0.789. The molecule has 0 radical (unpaired) electrons. The molecular weight excluding hydrogens is 469 g/mol. The SMILES string of the molecule is COC(=O)[C@@]1(O)O[C@H](C(OC(C)=O)C(COC(C)=O)OC(C)=O)[C@H](N=[N+]=[N-])[C@@H](OC(C)=O)[C@H]1F. The minimum Gasteiger partial charge on any atom is -0.465 e. The third kappa shape index (κ3) is 7.00. The molecular formula is C18H24FN3O12. The Kier molecular flexibility index (Phi) is 10.2. The van der Waals surface area contributed by atoms with Crippen LogP contribution in [0.5, 0.6) is 0 Å². The van der Waals surface area contributed by atoms with E-state index in [-0.39, 0.29) is 0 Å². The fourth-order valence-electron chi connectivity index (χ4n) is 3.16. The number of azide groups is 1. The van der Waals surface area contributed by atoms with Crippen LogP contribution in [0, 0.1) is 0 Å². The summed E-state index contributed by atoms with van der Waals surface area (Å²) in [6.07, 6.45) is -10.5. The normalized spacial score (nSPS) is 27.7. The number of aliphatic hydroxyl groups is 1. The minimum atomic E-state index is -3.44. The lowest BCUT2D eigenvalue weighted by Crippen LogP contribution is -2.70. The van der Waals surface area contributed by atoms with E-state index in [1.54, 1.807) is 0 Å². The van der Waals surface area contributed by atoms with Crippen molar-refractivity contribution in [2.45, 2.75) is 70.1 Å². The predicted molar refractivity (Wildman–Crippen MR) is 103 cm³/mol. The molecule has 0 saturated carbocycles. The standard InChI is InChI=1S/C18H24FN3O12/c1-7(23)30-6-11(31-8(2)24)13(32-9(3)25)14-12(21-22-20)15(33-10(4)26)16(19)18(28,34-14)17(27)29-5/h11-16,28H,6H2,1-5H3/t11?,12-,13?,14-,15+,16+,18-/m0/s1. The van der Waals surface area contributed by atoms with Crippen LogP contribution in [0.3, 0.4) is 0 Å². The maximum atomic E-state index is 15.2. The molecule has 0 bridgehead atoms. The van der Waals surface area contributed by atoms with E-state index in [0.717, 1.165) is 34.8 Å². The van der Waals surface area contributed by atoms with Crippen LogP contribution in [0.4, 0.5) is 4.39 Å². The van der Waals surface area contributed by atoms with E-state index in [9.17, 15) is 29.1 Å². The lowest BCUT2D eigenvalue weighted by atomic mass is 9.87. The van der Waals surface area contributed by atoms with Crippen molar-refractivity contribution in [1.82, 2.24) is 0 Å². The molecule has 1 saturated heterocycles. The van der Waals surface area contributed by atoms with Crippen molar-refractivity contribution < 1.29 is 61.9 Å². The van der Waals surface area contributed by atoms with Crippen molar-refractivity contribution in [3.63, 3.8) is 0 Å². The molecule has 1 N–H and O–H groups in total. The molecule has 1 aliphatic heterocycles. The summed E-state index contributed by atoms with van der Waals surface area (Å²) in [5.74, 6) is -9.02. The molecule has 0 aromatic heterocycles. The molecule has 2 unspecified atom stereocenters. The van der Waals surface area contributed by atoms with Gasteiger partial charge in [-0.05, 0) is 5.53 Å². The Morgan fingerprint density at radius 1 is 1.09 bits per heavy atom. The Morgan fingerprint density at radius 2 is 1.68 bits per heavy atom. The van der Waals surface area contributed by atoms with Crippen LogP contribution < -0.4 is 0 Å². The van der Waals surface area contributed by atoms with E-state index in [2.05, 4.69) is 14.8 Å². The second-order valence-electron chi connectivity index (χ2n) is 6.97. The second-order valence-corrected chi connectivity index (χ2v) is 6.97. The third-order valence-electron chi connectivity index (χ3n) is 4.38. The number of rotatable bonds is 9. The number of esters is 5. The second kappa shape index (κ2) is 12.1. The van der Waals surface area contributed by atoms with Crippen LogP contribution in [0.1, 0.15) is 27.7 Å². The molecule has 16 heteroatoms. The number of methoxy groups -OCH3 is 1. The number of ether oxygens (including phenoxy) is 6. The van der Waals surface area contributed by atoms with Crippen LogP contribution in [0.25, 0.3) is 10.4 Å². The summed E-state index contributed by atoms with van der Waals surface area (Å²) < 4.78 is 44.6. The summed E-state index contributed by atoms with van der Waals surface area (Å²) >= 11 is 0. The number of carbonyl (C=O) groups excluding carboxylic acids is 5. The first-order valence-corrected chi connectivity index (χ1v) is 9.60. The van der Waals surface area contributed by atoms with Crippen molar-refractivity contribution in [1.29, 1.82) is 0 Å². The van der Waals surface area contributed by atoms with Gasteiger partial charge in [0.2, 0.25) is 6.17 Å². The molecule has 1 fully saturated rings. The molecule has 1 aliphatic rings. The van der Waals surface area contributed by atoms with Gasteiger partial charge in [0.15, 0.2) is 18.3 Å². The van der Waals surface area contributed by atoms with E-state index in [4.69, 9.17) is 29.2 Å². The lowest BCUT2D eigenvalue weighted by molar-refractivity contribution is -0.321. The van der Waals surface area contributed by atoms with Gasteiger partial charge in [0.25, 0.3) is 0 Å². The van der Waals surface area contributed by atoms with Gasteiger partial charge in [0.05, 0.1) is 7.11 Å². The average Bonchev–Trinajstić information content (AvgIpc) is 2.73. The largest absolute Gasteiger partial charge is 0.465 e. The summed E-state index contributed by atoms with van der Waals surface area (Å²) in [5.41, 5.74) is 9.01. The van der Waals surface area contributed by atoms with Gasteiger partial charge in [0, 0.05) is 32.6 Å². The van der Waals surface area contributed by atoms with Crippen LogP contribution in [-0.4, -0.2) is 91.1 Å². The van der Waals surface area contributed by atoms with Gasteiger partial charge in [0.1, 0.15) is 18.8 Å². The van der Waals surface area contributed by atoms with E-state index >= 15 is 4.39 Å². The van der Waals surface area contributed by atoms with Crippen LogP contribution in [-0.2, 0) is 52.4 Å². The average molecular weight is 493 g/mol. The predicted octanol–water partition coefficient (Wildman–Crippen LogP) is -0.378. The van der Waals surface area contributed by atoms with Crippen molar-refractivity contribution >= 4 is 29.8 Å². The smallest absolute Gasteiger partial charge is 0.369 e. The van der Waals surface area contributed by atoms with E-state index in [1.165, 1.54) is 0 Å². The number of halogens is 1. The molecule has 1 rings (SSSR count). The first-order valence-electron chi connectivity index (χ1n) is 9.60. The van der Waals surface area contributed by atoms with Crippen molar-refractivity contribution in [3.05, 3.63) is 10.4 Å². The van der Waals surface area contributed by atoms with Crippen LogP contribution in [0.15, 0.2) is 5.11 Å². The summed E-state index contributed by atoms with van der Waals surface area (Å²) in [6, 6.07) is -1.88. The maximum Gasteiger partial charge on any atom is 0.369 e. The number of alkyl halides is 1. The Morgan fingerprint density at radius 3 is 2.12 bits per heavy atom. The van der Waals surface area contributed by atoms with Gasteiger partial charge in [-0.3, -0.25) is 19.2 Å². The fraction of sp³-hybridized carbons (Fsp3) is 0.722. The quantitative estimate of drug-likeness (QED) is 0.143. The van der Waals surface area contributed by atoms with Gasteiger partial charge in [-0.1, -0.05) is 5.11 Å². The maximum absolute atomic E-state index is 15.2. The highest BCUT2D eigenvalue weighted by Crippen LogP contribution is 2.38. The highest BCUT2D eigenvalue weighted by Gasteiger charge is 2.64. The summed E-state index contributed by atoms with van der Waals surface area (Å²) in [4.78, 5) is 61.1. The van der Waals surface area contributed by atoms with Crippen molar-refractivity contribution in [2.75, 3.05) is 13.7 Å². The Hall–Kier alpha value is -3.49. The Balaban J connectivity index is 3.72. The molecule has 7 atom stereocenters. The van der Waals surface area contributed by atoms with Crippen LogP contribution >= 0.6 is 0 Å². The third-order valence-corrected chi connectivity index (χ3v) is 4.38. The molecule has 1 heterocycles. The zero-order valence-corrected chi connectivity index (χ0v) is 18.8. The van der Waals surface area contributed by atoms with Gasteiger partial charge >= 0.3 is 35.6 Å². The number of nitrogens with zero attached hydrogens (tertiary/aromatic N) is 3. The topological polar surface area (TPSA) is 210 Å². The van der Waals surface area contributed by atoms with E-state index < -0.39 is 78.9 Å². The summed E-state index contributed by atoms with van der Waals surface area (Å²) in [5, 5.41) is 14.0. The number of carbonyl (C=O) groups is 5. The van der Waals surface area contributed by atoms with Crippen molar-refractivity contribution in [3.8, 4) is 0 Å². The molecule has 0 aliphatic carbocycles. The summed E-state index contributed by atoms with van der Waals surface area (Å²) in [6.45, 7) is 3.04. The first kappa shape index (κ1) is 28.5.